The third-order valence-corrected chi connectivity index (χ3v) is 3.13. The second-order valence-electron chi connectivity index (χ2n) is 2.89. The summed E-state index contributed by atoms with van der Waals surface area (Å²) in [7, 11) is 1.29. The lowest BCUT2D eigenvalue weighted by Gasteiger charge is -2.09. The first-order valence-electron chi connectivity index (χ1n) is 4.18. The van der Waals surface area contributed by atoms with Crippen LogP contribution >= 0.6 is 27.5 Å². The Morgan fingerprint density at radius 1 is 1.60 bits per heavy atom. The van der Waals surface area contributed by atoms with Crippen molar-refractivity contribution in [2.75, 3.05) is 7.11 Å². The second kappa shape index (κ2) is 5.47. The Morgan fingerprint density at radius 3 is 2.80 bits per heavy atom. The fourth-order valence-electron chi connectivity index (χ4n) is 1.17. The van der Waals surface area contributed by atoms with Crippen LogP contribution in [0.2, 0.25) is 0 Å². The predicted octanol–water partition coefficient (Wildman–Crippen LogP) is 3.04. The zero-order valence-electron chi connectivity index (χ0n) is 8.02. The van der Waals surface area contributed by atoms with Crippen molar-refractivity contribution < 1.29 is 13.9 Å². The van der Waals surface area contributed by atoms with Crippen molar-refractivity contribution in [1.82, 2.24) is 0 Å². The first-order valence-corrected chi connectivity index (χ1v) is 5.51. The van der Waals surface area contributed by atoms with E-state index in [9.17, 15) is 9.18 Å². The van der Waals surface area contributed by atoms with Crippen LogP contribution in [0.3, 0.4) is 0 Å². The van der Waals surface area contributed by atoms with Gasteiger partial charge in [-0.15, -0.1) is 11.6 Å². The number of rotatable bonds is 3. The predicted molar refractivity (Wildman–Crippen MR) is 59.4 cm³/mol. The van der Waals surface area contributed by atoms with E-state index in [4.69, 9.17) is 11.6 Å². The van der Waals surface area contributed by atoms with Gasteiger partial charge in [-0.3, -0.25) is 4.79 Å². The Hall–Kier alpha value is -0.610. The van der Waals surface area contributed by atoms with Gasteiger partial charge in [0, 0.05) is 5.88 Å². The number of halogens is 3. The van der Waals surface area contributed by atoms with Gasteiger partial charge in [0.05, 0.1) is 18.0 Å². The highest BCUT2D eigenvalue weighted by Crippen LogP contribution is 2.26. The number of hydrogen-bond acceptors (Lipinski definition) is 2. The molecule has 5 heteroatoms. The lowest BCUT2D eigenvalue weighted by molar-refractivity contribution is -0.139. The summed E-state index contributed by atoms with van der Waals surface area (Å²) >= 11 is 8.78. The minimum atomic E-state index is -0.423. The third kappa shape index (κ3) is 2.92. The molecular weight excluding hydrogens is 286 g/mol. The summed E-state index contributed by atoms with van der Waals surface area (Å²) in [4.78, 5) is 11.1. The van der Waals surface area contributed by atoms with Gasteiger partial charge in [-0.05, 0) is 33.1 Å². The Labute approximate surface area is 101 Å². The van der Waals surface area contributed by atoms with E-state index in [2.05, 4.69) is 20.7 Å². The fraction of sp³-hybridized carbons (Fsp3) is 0.300. The molecule has 1 rings (SSSR count). The van der Waals surface area contributed by atoms with Crippen LogP contribution in [-0.2, 0) is 21.8 Å². The van der Waals surface area contributed by atoms with E-state index in [-0.39, 0.29) is 16.8 Å². The van der Waals surface area contributed by atoms with Gasteiger partial charge in [0.15, 0.2) is 0 Å². The van der Waals surface area contributed by atoms with Crippen molar-refractivity contribution in [2.45, 2.75) is 12.3 Å². The Kier molecular flexibility index (Phi) is 4.54. The molecule has 0 unspecified atom stereocenters. The second-order valence-corrected chi connectivity index (χ2v) is 3.95. The summed E-state index contributed by atoms with van der Waals surface area (Å²) < 4.78 is 18.0. The number of carbonyl (C=O) groups is 1. The lowest BCUT2D eigenvalue weighted by Crippen LogP contribution is -2.08. The SMILES string of the molecule is COC(=O)Cc1c(CCl)ccc(F)c1Br. The molecule has 0 heterocycles. The molecule has 82 valence electrons. The van der Waals surface area contributed by atoms with Gasteiger partial charge in [-0.25, -0.2) is 4.39 Å². The number of esters is 1. The smallest absolute Gasteiger partial charge is 0.310 e. The van der Waals surface area contributed by atoms with Crippen LogP contribution in [0.4, 0.5) is 4.39 Å². The van der Waals surface area contributed by atoms with Gasteiger partial charge >= 0.3 is 5.97 Å². The maximum absolute atomic E-state index is 13.2. The number of benzene rings is 1. The van der Waals surface area contributed by atoms with Crippen molar-refractivity contribution in [3.63, 3.8) is 0 Å². The van der Waals surface area contributed by atoms with Gasteiger partial charge in [-0.1, -0.05) is 6.07 Å². The number of alkyl halides is 1. The topological polar surface area (TPSA) is 26.3 Å². The van der Waals surface area contributed by atoms with Crippen molar-refractivity contribution in [1.29, 1.82) is 0 Å². The monoisotopic (exact) mass is 294 g/mol. The average Bonchev–Trinajstić information content (AvgIpc) is 2.25. The molecule has 1 aromatic carbocycles. The van der Waals surface area contributed by atoms with E-state index in [1.165, 1.54) is 13.2 Å². The molecule has 0 amide bonds. The largest absolute Gasteiger partial charge is 0.469 e. The molecule has 1 aromatic rings. The third-order valence-electron chi connectivity index (χ3n) is 1.99. The van der Waals surface area contributed by atoms with E-state index in [1.54, 1.807) is 6.07 Å². The quantitative estimate of drug-likeness (QED) is 0.633. The number of ether oxygens (including phenoxy) is 1. The highest BCUT2D eigenvalue weighted by Gasteiger charge is 2.14. The summed E-state index contributed by atoms with van der Waals surface area (Å²) in [6.07, 6.45) is 0.0108. The Morgan fingerprint density at radius 2 is 2.27 bits per heavy atom. The highest BCUT2D eigenvalue weighted by atomic mass is 79.9. The highest BCUT2D eigenvalue weighted by molar-refractivity contribution is 9.10. The Bertz CT molecular complexity index is 382. The number of carbonyl (C=O) groups excluding carboxylic acids is 1. The van der Waals surface area contributed by atoms with Crippen LogP contribution in [0.25, 0.3) is 0 Å². The van der Waals surface area contributed by atoms with Crippen molar-refractivity contribution in [3.8, 4) is 0 Å². The van der Waals surface area contributed by atoms with Gasteiger partial charge in [0.2, 0.25) is 0 Å². The minimum Gasteiger partial charge on any atom is -0.469 e. The van der Waals surface area contributed by atoms with Crippen molar-refractivity contribution in [2.24, 2.45) is 0 Å². The van der Waals surface area contributed by atoms with Gasteiger partial charge in [0.25, 0.3) is 0 Å². The van der Waals surface area contributed by atoms with Crippen LogP contribution in [0.1, 0.15) is 11.1 Å². The molecule has 0 aliphatic rings. The molecule has 2 nitrogen and oxygen atoms in total. The molecule has 0 bridgehead atoms. The molecular formula is C10H9BrClFO2. The summed E-state index contributed by atoms with van der Waals surface area (Å²) in [5.41, 5.74) is 1.26. The van der Waals surface area contributed by atoms with E-state index in [0.29, 0.717) is 5.56 Å². The number of methoxy groups -OCH3 is 1. The zero-order chi connectivity index (χ0) is 11.4. The molecule has 0 atom stereocenters. The first kappa shape index (κ1) is 12.5. The summed E-state index contributed by atoms with van der Waals surface area (Å²) in [5, 5.41) is 0. The molecule has 0 spiro atoms. The summed E-state index contributed by atoms with van der Waals surface area (Å²) in [6.45, 7) is 0. The molecule has 15 heavy (non-hydrogen) atoms. The van der Waals surface area contributed by atoms with Crippen molar-refractivity contribution >= 4 is 33.5 Å². The van der Waals surface area contributed by atoms with Crippen LogP contribution < -0.4 is 0 Å². The van der Waals surface area contributed by atoms with Crippen LogP contribution in [-0.4, -0.2) is 13.1 Å². The van der Waals surface area contributed by atoms with Crippen molar-refractivity contribution in [3.05, 3.63) is 33.5 Å². The summed E-state index contributed by atoms with van der Waals surface area (Å²) in [6, 6.07) is 2.87. The molecule has 0 aliphatic carbocycles. The molecule has 0 N–H and O–H groups in total. The van der Waals surface area contributed by atoms with E-state index < -0.39 is 11.8 Å². The van der Waals surface area contributed by atoms with Gasteiger partial charge in [0.1, 0.15) is 5.82 Å². The molecule has 0 saturated carbocycles. The summed E-state index contributed by atoms with van der Waals surface area (Å²) in [5.74, 6) is -0.610. The lowest BCUT2D eigenvalue weighted by atomic mass is 10.1. The van der Waals surface area contributed by atoms with Crippen LogP contribution in [0.5, 0.6) is 0 Å². The van der Waals surface area contributed by atoms with E-state index in [0.717, 1.165) is 5.56 Å². The molecule has 0 fully saturated rings. The Balaban J connectivity index is 3.12. The van der Waals surface area contributed by atoms with Crippen LogP contribution in [0.15, 0.2) is 16.6 Å². The normalized spacial score (nSPS) is 10.1. The van der Waals surface area contributed by atoms with E-state index in [1.807, 2.05) is 0 Å². The minimum absolute atomic E-state index is 0.0108. The van der Waals surface area contributed by atoms with Crippen LogP contribution in [0, 0.1) is 5.82 Å². The first-order chi connectivity index (χ1) is 7.10. The number of hydrogen-bond donors (Lipinski definition) is 0. The fourth-order valence-corrected chi connectivity index (χ4v) is 1.94. The van der Waals surface area contributed by atoms with E-state index >= 15 is 0 Å². The molecule has 0 aliphatic heterocycles. The molecule has 0 aromatic heterocycles. The standard InChI is InChI=1S/C10H9BrClFO2/c1-15-9(14)4-7-6(5-12)2-3-8(13)10(7)11/h2-3H,4-5H2,1H3. The molecule has 0 saturated heterocycles. The zero-order valence-corrected chi connectivity index (χ0v) is 10.4. The molecule has 0 radical (unpaired) electrons. The average molecular weight is 296 g/mol. The maximum atomic E-state index is 13.2. The maximum Gasteiger partial charge on any atom is 0.310 e. The van der Waals surface area contributed by atoms with Gasteiger partial charge in [-0.2, -0.15) is 0 Å². The van der Waals surface area contributed by atoms with Gasteiger partial charge < -0.3 is 4.74 Å².